The normalized spacial score (nSPS) is 16.9. The summed E-state index contributed by atoms with van der Waals surface area (Å²) >= 11 is 10.3. The number of halogens is 1. The summed E-state index contributed by atoms with van der Waals surface area (Å²) in [5.74, 6) is 0.701. The Morgan fingerprint density at radius 1 is 1.42 bits per heavy atom. The second-order valence-corrected chi connectivity index (χ2v) is 4.09. The van der Waals surface area contributed by atoms with Crippen LogP contribution in [0.2, 0.25) is 5.02 Å². The quantitative estimate of drug-likeness (QED) is 0.689. The van der Waals surface area contributed by atoms with Crippen LogP contribution in [0.5, 0.6) is 0 Å². The maximum Gasteiger partial charge on any atom is 0.0594 e. The van der Waals surface area contributed by atoms with Gasteiger partial charge in [0.1, 0.15) is 0 Å². The van der Waals surface area contributed by atoms with Crippen molar-refractivity contribution >= 4 is 24.2 Å². The summed E-state index contributed by atoms with van der Waals surface area (Å²) in [4.78, 5) is 0. The van der Waals surface area contributed by atoms with Gasteiger partial charge in [-0.3, -0.25) is 0 Å². The molecule has 63 valence electrons. The van der Waals surface area contributed by atoms with Crippen LogP contribution in [0.25, 0.3) is 0 Å². The molecule has 12 heavy (non-hydrogen) atoms. The van der Waals surface area contributed by atoms with E-state index >= 15 is 0 Å². The minimum Gasteiger partial charge on any atom is -0.166 e. The van der Waals surface area contributed by atoms with Crippen LogP contribution in [0.4, 0.5) is 0 Å². The zero-order valence-corrected chi connectivity index (χ0v) is 8.28. The van der Waals surface area contributed by atoms with Crippen LogP contribution in [0.1, 0.15) is 18.4 Å². The second-order valence-electron chi connectivity index (χ2n) is 3.17. The highest BCUT2D eigenvalue weighted by atomic mass is 35.5. The van der Waals surface area contributed by atoms with Crippen LogP contribution in [-0.2, 0) is 0 Å². The minimum absolute atomic E-state index is 0.701. The molecular weight excluding hydrogens is 188 g/mol. The van der Waals surface area contributed by atoms with Gasteiger partial charge in [-0.2, -0.15) is 12.6 Å². The number of benzene rings is 1. The van der Waals surface area contributed by atoms with Crippen LogP contribution in [0, 0.1) is 11.2 Å². The van der Waals surface area contributed by atoms with Crippen molar-refractivity contribution in [2.24, 2.45) is 5.92 Å². The van der Waals surface area contributed by atoms with Gasteiger partial charge in [-0.25, -0.2) is 0 Å². The molecule has 0 saturated heterocycles. The molecule has 1 radical (unpaired) electrons. The fourth-order valence-electron chi connectivity index (χ4n) is 1.24. The molecule has 1 fully saturated rings. The van der Waals surface area contributed by atoms with Gasteiger partial charge in [0.15, 0.2) is 0 Å². The van der Waals surface area contributed by atoms with Crippen LogP contribution in [0.3, 0.4) is 0 Å². The molecule has 1 aromatic rings. The van der Waals surface area contributed by atoms with E-state index in [4.69, 9.17) is 11.6 Å². The lowest BCUT2D eigenvalue weighted by molar-refractivity contribution is 0.994. The van der Waals surface area contributed by atoms with Gasteiger partial charge < -0.3 is 0 Å². The van der Waals surface area contributed by atoms with Crippen molar-refractivity contribution in [3.8, 4) is 0 Å². The second kappa shape index (κ2) is 3.31. The summed E-state index contributed by atoms with van der Waals surface area (Å²) < 4.78 is 0. The first-order chi connectivity index (χ1) is 5.77. The number of thiol groups is 1. The lowest BCUT2D eigenvalue weighted by atomic mass is 10.1. The highest BCUT2D eigenvalue weighted by molar-refractivity contribution is 7.83. The van der Waals surface area contributed by atoms with Gasteiger partial charge in [0, 0.05) is 5.02 Å². The Morgan fingerprint density at radius 3 is 2.75 bits per heavy atom. The summed E-state index contributed by atoms with van der Waals surface area (Å²) in [5.41, 5.74) is 1.17. The first-order valence-corrected chi connectivity index (χ1v) is 4.91. The molecule has 0 nitrogen and oxygen atoms in total. The highest BCUT2D eigenvalue weighted by Gasteiger charge is 2.30. The molecule has 2 heteroatoms. The Balaban J connectivity index is 2.20. The van der Waals surface area contributed by atoms with Crippen molar-refractivity contribution in [3.63, 3.8) is 0 Å². The molecule has 1 saturated carbocycles. The van der Waals surface area contributed by atoms with Crippen molar-refractivity contribution in [2.45, 2.75) is 12.8 Å². The third kappa shape index (κ3) is 1.78. The zero-order valence-electron chi connectivity index (χ0n) is 6.63. The molecule has 1 aromatic carbocycles. The molecule has 0 N–H and O–H groups in total. The number of rotatable bonds is 2. The van der Waals surface area contributed by atoms with E-state index in [9.17, 15) is 0 Å². The molecule has 1 aliphatic carbocycles. The summed E-state index contributed by atoms with van der Waals surface area (Å²) in [7, 11) is 0. The third-order valence-corrected chi connectivity index (χ3v) is 2.94. The fraction of sp³-hybridized carbons (Fsp3) is 0.300. The average molecular weight is 198 g/mol. The monoisotopic (exact) mass is 197 g/mol. The third-order valence-electron chi connectivity index (χ3n) is 2.08. The maximum absolute atomic E-state index is 5.87. The topological polar surface area (TPSA) is 0 Å². The predicted molar refractivity (Wildman–Crippen MR) is 55.5 cm³/mol. The van der Waals surface area contributed by atoms with Crippen molar-refractivity contribution in [3.05, 3.63) is 40.1 Å². The largest absolute Gasteiger partial charge is 0.166 e. The van der Waals surface area contributed by atoms with Crippen LogP contribution in [-0.4, -0.2) is 0 Å². The van der Waals surface area contributed by atoms with Crippen molar-refractivity contribution in [1.29, 1.82) is 0 Å². The van der Waals surface area contributed by atoms with Gasteiger partial charge >= 0.3 is 0 Å². The fourth-order valence-corrected chi connectivity index (χ4v) is 1.83. The Hall–Kier alpha value is -0.140. The smallest absolute Gasteiger partial charge is 0.0594 e. The Morgan fingerprint density at radius 2 is 2.17 bits per heavy atom. The lowest BCUT2D eigenvalue weighted by Crippen LogP contribution is -1.92. The lowest BCUT2D eigenvalue weighted by Gasteiger charge is -2.07. The van der Waals surface area contributed by atoms with E-state index in [0.717, 1.165) is 5.02 Å². The van der Waals surface area contributed by atoms with Crippen LogP contribution in [0.15, 0.2) is 24.3 Å². The van der Waals surface area contributed by atoms with E-state index in [1.54, 1.807) is 0 Å². The van der Waals surface area contributed by atoms with Crippen molar-refractivity contribution in [2.75, 3.05) is 0 Å². The van der Waals surface area contributed by atoms with E-state index in [2.05, 4.69) is 18.7 Å². The number of hydrogen-bond acceptors (Lipinski definition) is 1. The van der Waals surface area contributed by atoms with Crippen LogP contribution < -0.4 is 0 Å². The van der Waals surface area contributed by atoms with E-state index < -0.39 is 0 Å². The molecule has 0 spiro atoms. The predicted octanol–water partition coefficient (Wildman–Crippen LogP) is 3.56. The summed E-state index contributed by atoms with van der Waals surface area (Å²) in [6.45, 7) is 0. The minimum atomic E-state index is 0.701. The van der Waals surface area contributed by atoms with Crippen LogP contribution >= 0.6 is 24.2 Å². The zero-order chi connectivity index (χ0) is 8.55. The molecule has 0 aliphatic heterocycles. The van der Waals surface area contributed by atoms with Gasteiger partial charge in [0.2, 0.25) is 0 Å². The standard InChI is InChI=1S/C10H10ClS/c11-9-3-1-2-8(6-9)10(12)7-4-5-7/h1-3,6-7,12H,4-5H2. The molecule has 0 amide bonds. The summed E-state index contributed by atoms with van der Waals surface area (Å²) in [6, 6.07) is 7.89. The first-order valence-electron chi connectivity index (χ1n) is 4.09. The average Bonchev–Trinajstić information content (AvgIpc) is 2.85. The molecule has 2 rings (SSSR count). The summed E-state index contributed by atoms with van der Waals surface area (Å²) in [5, 5.41) is 1.98. The maximum atomic E-state index is 5.87. The first kappa shape index (κ1) is 8.46. The molecule has 0 aromatic heterocycles. The van der Waals surface area contributed by atoms with Crippen molar-refractivity contribution < 1.29 is 0 Å². The van der Waals surface area contributed by atoms with E-state index in [-0.39, 0.29) is 0 Å². The van der Waals surface area contributed by atoms with Gasteiger partial charge in [-0.15, -0.1) is 0 Å². The van der Waals surface area contributed by atoms with Gasteiger partial charge in [-0.1, -0.05) is 23.7 Å². The van der Waals surface area contributed by atoms with E-state index in [1.807, 2.05) is 18.2 Å². The molecule has 0 atom stereocenters. The number of hydrogen-bond donors (Lipinski definition) is 1. The van der Waals surface area contributed by atoms with Gasteiger partial charge in [0.05, 0.1) is 5.25 Å². The SMILES string of the molecule is S[C](c1cccc(Cl)c1)C1CC1. The highest BCUT2D eigenvalue weighted by Crippen LogP contribution is 2.44. The molecule has 1 aliphatic rings. The van der Waals surface area contributed by atoms with E-state index in [0.29, 0.717) is 5.92 Å². The molecule has 0 bridgehead atoms. The molecular formula is C10H10ClS. The van der Waals surface area contributed by atoms with Gasteiger partial charge in [-0.05, 0) is 36.5 Å². The Labute approximate surface area is 83.3 Å². The molecule has 0 unspecified atom stereocenters. The molecule has 0 heterocycles. The Kier molecular flexibility index (Phi) is 2.33. The Bertz CT molecular complexity index is 281. The summed E-state index contributed by atoms with van der Waals surface area (Å²) in [6.07, 6.45) is 2.57. The van der Waals surface area contributed by atoms with Crippen molar-refractivity contribution in [1.82, 2.24) is 0 Å². The van der Waals surface area contributed by atoms with Gasteiger partial charge in [0.25, 0.3) is 0 Å². The van der Waals surface area contributed by atoms with E-state index in [1.165, 1.54) is 23.7 Å².